The molecule has 1 aromatic heterocycles. The summed E-state index contributed by atoms with van der Waals surface area (Å²) in [5.74, 6) is 1.06. The van der Waals surface area contributed by atoms with Gasteiger partial charge in [0.05, 0.1) is 5.69 Å². The summed E-state index contributed by atoms with van der Waals surface area (Å²) < 4.78 is 0. The number of hydrogen-bond acceptors (Lipinski definition) is 1. The van der Waals surface area contributed by atoms with E-state index in [-0.39, 0.29) is 0 Å². The summed E-state index contributed by atoms with van der Waals surface area (Å²) in [4.78, 5) is 4.64. The highest BCUT2D eigenvalue weighted by Crippen LogP contribution is 2.29. The zero-order chi connectivity index (χ0) is 14.0. The molecule has 1 aromatic carbocycles. The Labute approximate surface area is 116 Å². The van der Waals surface area contributed by atoms with Crippen LogP contribution in [0.4, 0.5) is 0 Å². The van der Waals surface area contributed by atoms with Crippen molar-refractivity contribution in [3.8, 4) is 11.3 Å². The molecule has 1 nitrogen and oxygen atoms in total. The third kappa shape index (κ3) is 3.04. The van der Waals surface area contributed by atoms with Crippen molar-refractivity contribution in [1.29, 1.82) is 0 Å². The molecule has 0 fully saturated rings. The topological polar surface area (TPSA) is 12.9 Å². The van der Waals surface area contributed by atoms with Crippen molar-refractivity contribution >= 4 is 0 Å². The predicted octanol–water partition coefficient (Wildman–Crippen LogP) is 5.30. The number of hydrogen-bond donors (Lipinski definition) is 0. The Morgan fingerprint density at radius 2 is 1.42 bits per heavy atom. The maximum Gasteiger partial charge on any atom is 0.0705 e. The Hall–Kier alpha value is -1.63. The first-order valence-electron chi connectivity index (χ1n) is 7.06. The molecule has 0 N–H and O–H groups in total. The molecule has 2 aromatic rings. The zero-order valence-electron chi connectivity index (χ0n) is 12.6. The summed E-state index contributed by atoms with van der Waals surface area (Å²) in [6, 6.07) is 10.8. The Kier molecular flexibility index (Phi) is 4.04. The lowest BCUT2D eigenvalue weighted by Crippen LogP contribution is -2.01. The molecule has 1 heteroatoms. The van der Waals surface area contributed by atoms with Crippen LogP contribution in [0.1, 0.15) is 56.2 Å². The van der Waals surface area contributed by atoms with Gasteiger partial charge in [-0.1, -0.05) is 57.5 Å². The molecular formula is C18H23N. The van der Waals surface area contributed by atoms with E-state index < -0.39 is 0 Å². The third-order valence-electron chi connectivity index (χ3n) is 3.56. The van der Waals surface area contributed by atoms with Crippen LogP contribution >= 0.6 is 0 Å². The molecule has 0 amide bonds. The van der Waals surface area contributed by atoms with E-state index in [4.69, 9.17) is 0 Å². The van der Waals surface area contributed by atoms with Gasteiger partial charge in [0.1, 0.15) is 0 Å². The summed E-state index contributed by atoms with van der Waals surface area (Å²) in [6.07, 6.45) is 2.05. The van der Waals surface area contributed by atoms with Crippen molar-refractivity contribution in [1.82, 2.24) is 4.98 Å². The van der Waals surface area contributed by atoms with Gasteiger partial charge in [-0.3, -0.25) is 4.98 Å². The van der Waals surface area contributed by atoms with Gasteiger partial charge >= 0.3 is 0 Å². The quantitative estimate of drug-likeness (QED) is 0.723. The van der Waals surface area contributed by atoms with Gasteiger partial charge in [-0.15, -0.1) is 0 Å². The molecule has 0 saturated carbocycles. The lowest BCUT2D eigenvalue weighted by atomic mass is 9.91. The third-order valence-corrected chi connectivity index (χ3v) is 3.56. The van der Waals surface area contributed by atoms with Crippen molar-refractivity contribution in [2.45, 2.75) is 46.5 Å². The van der Waals surface area contributed by atoms with Crippen LogP contribution in [-0.4, -0.2) is 4.98 Å². The standard InChI is InChI=1S/C18H23N/c1-12(2)16-10-18(19-11-17(16)13(3)4)15-8-6-14(5)7-9-15/h6-13H,1-5H3. The smallest absolute Gasteiger partial charge is 0.0705 e. The number of aromatic nitrogens is 1. The first-order chi connectivity index (χ1) is 8.99. The number of nitrogens with zero attached hydrogens (tertiary/aromatic N) is 1. The van der Waals surface area contributed by atoms with Crippen LogP contribution in [0.2, 0.25) is 0 Å². The zero-order valence-corrected chi connectivity index (χ0v) is 12.6. The van der Waals surface area contributed by atoms with Crippen LogP contribution in [-0.2, 0) is 0 Å². The van der Waals surface area contributed by atoms with Gasteiger partial charge in [0.2, 0.25) is 0 Å². The van der Waals surface area contributed by atoms with Crippen LogP contribution < -0.4 is 0 Å². The Balaban J connectivity index is 2.49. The lowest BCUT2D eigenvalue weighted by molar-refractivity contribution is 0.783. The van der Waals surface area contributed by atoms with Gasteiger partial charge in [0.15, 0.2) is 0 Å². The highest BCUT2D eigenvalue weighted by molar-refractivity contribution is 5.61. The average molecular weight is 253 g/mol. The Morgan fingerprint density at radius 3 is 1.95 bits per heavy atom. The lowest BCUT2D eigenvalue weighted by Gasteiger charge is -2.16. The van der Waals surface area contributed by atoms with Gasteiger partial charge in [-0.05, 0) is 36.0 Å². The first kappa shape index (κ1) is 13.8. The van der Waals surface area contributed by atoms with Crippen LogP contribution in [0, 0.1) is 6.92 Å². The molecule has 0 aliphatic heterocycles. The van der Waals surface area contributed by atoms with Gasteiger partial charge in [-0.25, -0.2) is 0 Å². The molecule has 2 rings (SSSR count). The van der Waals surface area contributed by atoms with Gasteiger partial charge in [-0.2, -0.15) is 0 Å². The molecule has 1 heterocycles. The van der Waals surface area contributed by atoms with Crippen molar-refractivity contribution in [2.75, 3.05) is 0 Å². The molecule has 100 valence electrons. The monoisotopic (exact) mass is 253 g/mol. The van der Waals surface area contributed by atoms with Crippen molar-refractivity contribution < 1.29 is 0 Å². The molecule has 0 bridgehead atoms. The van der Waals surface area contributed by atoms with Crippen LogP contribution in [0.5, 0.6) is 0 Å². The molecule has 0 unspecified atom stereocenters. The Morgan fingerprint density at radius 1 is 0.842 bits per heavy atom. The van der Waals surface area contributed by atoms with Crippen LogP contribution in [0.15, 0.2) is 36.5 Å². The molecule has 19 heavy (non-hydrogen) atoms. The second-order valence-electron chi connectivity index (χ2n) is 5.87. The fourth-order valence-electron chi connectivity index (χ4n) is 2.35. The summed E-state index contributed by atoms with van der Waals surface area (Å²) in [6.45, 7) is 11.1. The van der Waals surface area contributed by atoms with E-state index in [0.29, 0.717) is 11.8 Å². The highest BCUT2D eigenvalue weighted by Gasteiger charge is 2.12. The summed E-state index contributed by atoms with van der Waals surface area (Å²) in [5, 5.41) is 0. The predicted molar refractivity (Wildman–Crippen MR) is 82.6 cm³/mol. The van der Waals surface area contributed by atoms with Crippen LogP contribution in [0.25, 0.3) is 11.3 Å². The molecule has 0 aliphatic rings. The fourth-order valence-corrected chi connectivity index (χ4v) is 2.35. The number of pyridine rings is 1. The Bertz CT molecular complexity index is 550. The average Bonchev–Trinajstić information content (AvgIpc) is 2.38. The molecule has 0 aliphatic carbocycles. The molecular weight excluding hydrogens is 230 g/mol. The van der Waals surface area contributed by atoms with E-state index in [9.17, 15) is 0 Å². The van der Waals surface area contributed by atoms with E-state index in [1.165, 1.54) is 22.3 Å². The van der Waals surface area contributed by atoms with E-state index >= 15 is 0 Å². The minimum atomic E-state index is 0.525. The number of aryl methyl sites for hydroxylation is 1. The van der Waals surface area contributed by atoms with Crippen LogP contribution in [0.3, 0.4) is 0 Å². The summed E-state index contributed by atoms with van der Waals surface area (Å²) in [5.41, 5.74) is 6.34. The molecule has 0 spiro atoms. The maximum absolute atomic E-state index is 4.64. The second-order valence-corrected chi connectivity index (χ2v) is 5.87. The van der Waals surface area contributed by atoms with E-state index in [0.717, 1.165) is 5.69 Å². The van der Waals surface area contributed by atoms with Gasteiger partial charge in [0, 0.05) is 11.8 Å². The maximum atomic E-state index is 4.64. The normalized spacial score (nSPS) is 11.3. The van der Waals surface area contributed by atoms with E-state index in [2.05, 4.69) is 76.1 Å². The summed E-state index contributed by atoms with van der Waals surface area (Å²) in [7, 11) is 0. The molecule has 0 saturated heterocycles. The first-order valence-corrected chi connectivity index (χ1v) is 7.06. The largest absolute Gasteiger partial charge is 0.256 e. The summed E-state index contributed by atoms with van der Waals surface area (Å²) >= 11 is 0. The minimum Gasteiger partial charge on any atom is -0.256 e. The van der Waals surface area contributed by atoms with Gasteiger partial charge in [0.25, 0.3) is 0 Å². The van der Waals surface area contributed by atoms with E-state index in [1.54, 1.807) is 0 Å². The highest BCUT2D eigenvalue weighted by atomic mass is 14.7. The molecule has 0 radical (unpaired) electrons. The van der Waals surface area contributed by atoms with Crippen molar-refractivity contribution in [3.05, 3.63) is 53.2 Å². The SMILES string of the molecule is Cc1ccc(-c2cc(C(C)C)c(C(C)C)cn2)cc1. The second kappa shape index (κ2) is 5.56. The number of benzene rings is 1. The molecule has 0 atom stereocenters. The van der Waals surface area contributed by atoms with Crippen molar-refractivity contribution in [2.24, 2.45) is 0 Å². The minimum absolute atomic E-state index is 0.525. The van der Waals surface area contributed by atoms with E-state index in [1.807, 2.05) is 0 Å². The van der Waals surface area contributed by atoms with Gasteiger partial charge < -0.3 is 0 Å². The number of rotatable bonds is 3. The fraction of sp³-hybridized carbons (Fsp3) is 0.389. The van der Waals surface area contributed by atoms with Crippen molar-refractivity contribution in [3.63, 3.8) is 0 Å².